The Morgan fingerprint density at radius 3 is 2.63 bits per heavy atom. The first-order valence-electron chi connectivity index (χ1n) is 11.3. The number of carbonyl (C=O) groups is 3. The molecule has 0 unspecified atom stereocenters. The van der Waals surface area contributed by atoms with E-state index in [1.807, 2.05) is 18.2 Å². The fourth-order valence-corrected chi connectivity index (χ4v) is 4.57. The highest BCUT2D eigenvalue weighted by molar-refractivity contribution is 6.33. The second kappa shape index (κ2) is 9.22. The summed E-state index contributed by atoms with van der Waals surface area (Å²) in [7, 11) is 0. The number of hydrogen-bond acceptors (Lipinski definition) is 6. The van der Waals surface area contributed by atoms with E-state index in [2.05, 4.69) is 31.8 Å². The molecule has 35 heavy (non-hydrogen) atoms. The van der Waals surface area contributed by atoms with Gasteiger partial charge in [-0.05, 0) is 65.9 Å². The van der Waals surface area contributed by atoms with Gasteiger partial charge >= 0.3 is 5.97 Å². The number of carbonyl (C=O) groups excluding carboxylic acids is 3. The van der Waals surface area contributed by atoms with Crippen LogP contribution in [0.1, 0.15) is 53.4 Å². The smallest absolute Gasteiger partial charge is 0.333 e. The normalized spacial score (nSPS) is 14.9. The van der Waals surface area contributed by atoms with E-state index >= 15 is 0 Å². The van der Waals surface area contributed by atoms with Gasteiger partial charge in [0.1, 0.15) is 12.4 Å². The van der Waals surface area contributed by atoms with Gasteiger partial charge in [0.15, 0.2) is 12.4 Å². The van der Waals surface area contributed by atoms with E-state index in [9.17, 15) is 19.6 Å². The molecule has 0 fully saturated rings. The lowest BCUT2D eigenvalue weighted by atomic mass is 9.68. The van der Waals surface area contributed by atoms with E-state index in [0.717, 1.165) is 27.8 Å². The van der Waals surface area contributed by atoms with Gasteiger partial charge < -0.3 is 14.8 Å². The minimum atomic E-state index is -0.504. The summed E-state index contributed by atoms with van der Waals surface area (Å²) in [5.74, 6) is -0.406. The fourth-order valence-electron chi connectivity index (χ4n) is 4.57. The molecule has 7 nitrogen and oxygen atoms in total. The van der Waals surface area contributed by atoms with E-state index in [0.29, 0.717) is 28.9 Å². The summed E-state index contributed by atoms with van der Waals surface area (Å²) < 4.78 is 10.6. The van der Waals surface area contributed by atoms with Crippen LogP contribution in [0.15, 0.2) is 54.1 Å². The Bertz CT molecular complexity index is 1340. The number of nitrogens with one attached hydrogen (secondary N) is 1. The number of ether oxygens (including phenoxy) is 2. The van der Waals surface area contributed by atoms with Crippen molar-refractivity contribution in [2.45, 2.75) is 32.6 Å². The highest BCUT2D eigenvalue weighted by atomic mass is 16.5. The van der Waals surface area contributed by atoms with Crippen molar-refractivity contribution in [3.05, 3.63) is 81.9 Å². The SMILES string of the molecule is C=C(C)C(=O)OCCNC(=O)COc1ccc2c(c1)C(C)(C)C1=C(C2=O)c2ccc(C#N)cc2C1. The molecule has 0 aromatic heterocycles. The number of benzene rings is 2. The maximum Gasteiger partial charge on any atom is 0.333 e. The lowest BCUT2D eigenvalue weighted by Crippen LogP contribution is -2.32. The van der Waals surface area contributed by atoms with Crippen molar-refractivity contribution in [3.63, 3.8) is 0 Å². The van der Waals surface area contributed by atoms with Crippen molar-refractivity contribution < 1.29 is 23.9 Å². The lowest BCUT2D eigenvalue weighted by molar-refractivity contribution is -0.139. The number of nitriles is 1. The van der Waals surface area contributed by atoms with Crippen LogP contribution in [-0.2, 0) is 26.2 Å². The zero-order chi connectivity index (χ0) is 25.3. The van der Waals surface area contributed by atoms with Crippen LogP contribution in [0.2, 0.25) is 0 Å². The number of rotatable bonds is 7. The quantitative estimate of drug-likeness (QED) is 0.376. The van der Waals surface area contributed by atoms with E-state index in [1.165, 1.54) is 0 Å². The molecule has 0 saturated heterocycles. The van der Waals surface area contributed by atoms with Gasteiger partial charge in [-0.15, -0.1) is 0 Å². The molecule has 2 aliphatic rings. The van der Waals surface area contributed by atoms with Crippen LogP contribution in [0.25, 0.3) is 5.57 Å². The second-order valence-electron chi connectivity index (χ2n) is 9.23. The Morgan fingerprint density at radius 1 is 1.17 bits per heavy atom. The molecule has 0 aliphatic heterocycles. The monoisotopic (exact) mass is 470 g/mol. The highest BCUT2D eigenvalue weighted by Gasteiger charge is 2.42. The van der Waals surface area contributed by atoms with Gasteiger partial charge in [-0.25, -0.2) is 4.79 Å². The van der Waals surface area contributed by atoms with Crippen LogP contribution in [0.3, 0.4) is 0 Å². The molecule has 2 aromatic carbocycles. The van der Waals surface area contributed by atoms with Crippen molar-refractivity contribution in [3.8, 4) is 11.8 Å². The number of hydrogen-bond donors (Lipinski definition) is 1. The summed E-state index contributed by atoms with van der Waals surface area (Å²) in [5, 5.41) is 11.9. The molecule has 0 radical (unpaired) electrons. The molecule has 7 heteroatoms. The number of amides is 1. The molecule has 1 amide bonds. The van der Waals surface area contributed by atoms with E-state index < -0.39 is 11.4 Å². The van der Waals surface area contributed by atoms with Crippen LogP contribution in [0.4, 0.5) is 0 Å². The molecule has 1 N–H and O–H groups in total. The van der Waals surface area contributed by atoms with Crippen molar-refractivity contribution in [1.29, 1.82) is 5.26 Å². The first-order valence-corrected chi connectivity index (χ1v) is 11.3. The van der Waals surface area contributed by atoms with Gasteiger partial charge in [0.25, 0.3) is 5.91 Å². The van der Waals surface area contributed by atoms with Crippen LogP contribution in [0.5, 0.6) is 5.75 Å². The van der Waals surface area contributed by atoms with Gasteiger partial charge in [0.2, 0.25) is 0 Å². The largest absolute Gasteiger partial charge is 0.484 e. The minimum absolute atomic E-state index is 0.0358. The van der Waals surface area contributed by atoms with Crippen LogP contribution >= 0.6 is 0 Å². The number of esters is 1. The number of allylic oxidation sites excluding steroid dienone is 2. The molecule has 2 aromatic rings. The summed E-state index contributed by atoms with van der Waals surface area (Å²) in [4.78, 5) is 36.9. The Labute approximate surface area is 204 Å². The predicted octanol–water partition coefficient (Wildman–Crippen LogP) is 3.66. The molecule has 2 aliphatic carbocycles. The topological polar surface area (TPSA) is 105 Å². The minimum Gasteiger partial charge on any atom is -0.484 e. The standard InChI is InChI=1S/C28H26N2O5/c1-16(2)27(33)34-10-9-30-24(31)15-35-19-6-8-21-22(13-19)28(3,4)23-12-18-11-17(14-29)5-7-20(18)25(23)26(21)32/h5-8,11,13H,1,9-10,12,15H2,2-4H3,(H,30,31). The zero-order valence-electron chi connectivity index (χ0n) is 20.0. The first-order chi connectivity index (χ1) is 16.6. The zero-order valence-corrected chi connectivity index (χ0v) is 20.0. The maximum atomic E-state index is 13.4. The Hall–Kier alpha value is -4.18. The van der Waals surface area contributed by atoms with E-state index in [4.69, 9.17) is 9.47 Å². The van der Waals surface area contributed by atoms with Gasteiger partial charge in [-0.2, -0.15) is 5.26 Å². The lowest BCUT2D eigenvalue weighted by Gasteiger charge is -2.34. The molecule has 4 rings (SSSR count). The third-order valence-corrected chi connectivity index (χ3v) is 6.44. The molecule has 178 valence electrons. The van der Waals surface area contributed by atoms with Crippen molar-refractivity contribution >= 4 is 23.2 Å². The van der Waals surface area contributed by atoms with Crippen molar-refractivity contribution in [2.75, 3.05) is 19.8 Å². The average molecular weight is 471 g/mol. The predicted molar refractivity (Wildman–Crippen MR) is 130 cm³/mol. The summed E-state index contributed by atoms with van der Waals surface area (Å²) in [6.07, 6.45) is 0.613. The first kappa shape index (κ1) is 24.0. The average Bonchev–Trinajstić information content (AvgIpc) is 3.23. The summed E-state index contributed by atoms with van der Waals surface area (Å²) in [5.41, 5.74) is 5.54. The van der Waals surface area contributed by atoms with E-state index in [1.54, 1.807) is 25.1 Å². The second-order valence-corrected chi connectivity index (χ2v) is 9.23. The fraction of sp³-hybridized carbons (Fsp3) is 0.286. The molecule has 0 atom stereocenters. The number of ketones is 1. The Morgan fingerprint density at radius 2 is 1.91 bits per heavy atom. The molecule has 0 bridgehead atoms. The van der Waals surface area contributed by atoms with Crippen LogP contribution in [0, 0.1) is 11.3 Å². The molecular weight excluding hydrogens is 444 g/mol. The van der Waals surface area contributed by atoms with Crippen LogP contribution in [-0.4, -0.2) is 37.4 Å². The Balaban J connectivity index is 1.45. The summed E-state index contributed by atoms with van der Waals surface area (Å²) >= 11 is 0. The van der Waals surface area contributed by atoms with Gasteiger partial charge in [0.05, 0.1) is 18.2 Å². The third-order valence-electron chi connectivity index (χ3n) is 6.44. The third kappa shape index (κ3) is 4.47. The highest BCUT2D eigenvalue weighted by Crippen LogP contribution is 2.50. The number of Topliss-reactive ketones (excluding diaryl/α,β-unsaturated/α-hetero) is 1. The van der Waals surface area contributed by atoms with Crippen LogP contribution < -0.4 is 10.1 Å². The number of nitrogens with zero attached hydrogens (tertiary/aromatic N) is 1. The maximum absolute atomic E-state index is 13.4. The summed E-state index contributed by atoms with van der Waals surface area (Å²) in [6.45, 7) is 9.20. The molecule has 0 spiro atoms. The summed E-state index contributed by atoms with van der Waals surface area (Å²) in [6, 6.07) is 12.9. The van der Waals surface area contributed by atoms with Gasteiger partial charge in [-0.3, -0.25) is 9.59 Å². The van der Waals surface area contributed by atoms with Gasteiger partial charge in [-0.1, -0.05) is 26.5 Å². The van der Waals surface area contributed by atoms with Crippen molar-refractivity contribution in [1.82, 2.24) is 5.32 Å². The molecule has 0 heterocycles. The Kier molecular flexibility index (Phi) is 6.31. The van der Waals surface area contributed by atoms with Crippen molar-refractivity contribution in [2.24, 2.45) is 0 Å². The number of fused-ring (bicyclic) bond motifs is 3. The van der Waals surface area contributed by atoms with Gasteiger partial charge in [0, 0.05) is 22.1 Å². The molecule has 0 saturated carbocycles. The van der Waals surface area contributed by atoms with E-state index in [-0.39, 0.29) is 31.4 Å². The molecular formula is C28H26N2O5.